The molecule has 2 unspecified atom stereocenters. The summed E-state index contributed by atoms with van der Waals surface area (Å²) < 4.78 is 3.25. The second kappa shape index (κ2) is 4.74. The summed E-state index contributed by atoms with van der Waals surface area (Å²) in [4.78, 5) is 3.36. The summed E-state index contributed by atoms with van der Waals surface area (Å²) in [7, 11) is 0. The molecule has 3 rings (SSSR count). The van der Waals surface area contributed by atoms with Crippen molar-refractivity contribution in [3.63, 3.8) is 0 Å². The number of rotatable bonds is 2. The lowest BCUT2D eigenvalue weighted by Gasteiger charge is -2.20. The van der Waals surface area contributed by atoms with Gasteiger partial charge in [0, 0.05) is 11.3 Å². The van der Waals surface area contributed by atoms with Crippen molar-refractivity contribution in [3.05, 3.63) is 28.5 Å². The molecule has 1 fully saturated rings. The summed E-state index contributed by atoms with van der Waals surface area (Å²) >= 11 is 7.53. The molecule has 0 amide bonds. The van der Waals surface area contributed by atoms with E-state index in [-0.39, 0.29) is 0 Å². The maximum Gasteiger partial charge on any atom is 0.178 e. The Morgan fingerprint density at radius 2 is 2.22 bits per heavy atom. The minimum Gasteiger partial charge on any atom is -0.331 e. The molecule has 0 saturated heterocycles. The van der Waals surface area contributed by atoms with Gasteiger partial charge in [0.05, 0.1) is 11.0 Å². The van der Waals surface area contributed by atoms with Crippen molar-refractivity contribution in [2.45, 2.75) is 37.5 Å². The lowest BCUT2D eigenvalue weighted by atomic mass is 10.1. The van der Waals surface area contributed by atoms with E-state index in [9.17, 15) is 0 Å². The number of nitrogens with zero attached hydrogens (tertiary/aromatic N) is 1. The van der Waals surface area contributed by atoms with Crippen LogP contribution in [-0.2, 0) is 0 Å². The molecule has 2 aromatic rings. The normalized spacial score (nSPS) is 23.9. The minimum absolute atomic E-state index is 0.558. The zero-order valence-corrected chi connectivity index (χ0v) is 12.4. The first kappa shape index (κ1) is 12.3. The number of para-hydroxylation sites is 1. The fourth-order valence-electron chi connectivity index (χ4n) is 3.15. The third-order valence-electron chi connectivity index (χ3n) is 3.99. The summed E-state index contributed by atoms with van der Waals surface area (Å²) in [6.07, 6.45) is 6.10. The molecule has 0 aliphatic heterocycles. The van der Waals surface area contributed by atoms with Crippen molar-refractivity contribution in [3.8, 4) is 0 Å². The molecule has 2 nitrogen and oxygen atoms in total. The number of aromatic amines is 1. The number of benzene rings is 1. The largest absolute Gasteiger partial charge is 0.331 e. The van der Waals surface area contributed by atoms with Gasteiger partial charge in [-0.2, -0.15) is 11.8 Å². The number of imidazole rings is 1. The van der Waals surface area contributed by atoms with Crippen molar-refractivity contribution in [2.24, 2.45) is 0 Å². The van der Waals surface area contributed by atoms with E-state index < -0.39 is 0 Å². The smallest absolute Gasteiger partial charge is 0.178 e. The van der Waals surface area contributed by atoms with Gasteiger partial charge < -0.3 is 9.55 Å². The van der Waals surface area contributed by atoms with E-state index in [4.69, 9.17) is 12.2 Å². The van der Waals surface area contributed by atoms with Crippen molar-refractivity contribution < 1.29 is 0 Å². The Morgan fingerprint density at radius 3 is 3.00 bits per heavy atom. The highest BCUT2D eigenvalue weighted by molar-refractivity contribution is 7.99. The van der Waals surface area contributed by atoms with E-state index in [1.54, 1.807) is 0 Å². The van der Waals surface area contributed by atoms with Gasteiger partial charge in [-0.25, -0.2) is 0 Å². The quantitative estimate of drug-likeness (QED) is 0.818. The van der Waals surface area contributed by atoms with E-state index in [1.165, 1.54) is 35.9 Å². The van der Waals surface area contributed by atoms with Gasteiger partial charge in [0.1, 0.15) is 0 Å². The monoisotopic (exact) mass is 278 g/mol. The van der Waals surface area contributed by atoms with Crippen molar-refractivity contribution in [1.29, 1.82) is 0 Å². The molecule has 1 aromatic heterocycles. The van der Waals surface area contributed by atoms with Crippen molar-refractivity contribution in [1.82, 2.24) is 9.55 Å². The fourth-order valence-corrected chi connectivity index (χ4v) is 4.46. The Hall–Kier alpha value is -0.740. The third kappa shape index (κ3) is 1.82. The molecule has 1 aromatic carbocycles. The first-order chi connectivity index (χ1) is 8.72. The minimum atomic E-state index is 0.558. The zero-order chi connectivity index (χ0) is 12.7. The number of fused-ring (bicyclic) bond motifs is 1. The molecule has 18 heavy (non-hydrogen) atoms. The highest BCUT2D eigenvalue weighted by Crippen LogP contribution is 2.39. The van der Waals surface area contributed by atoms with Gasteiger partial charge in [-0.3, -0.25) is 0 Å². The van der Waals surface area contributed by atoms with Gasteiger partial charge in [0.25, 0.3) is 0 Å². The van der Waals surface area contributed by atoms with Gasteiger partial charge in [0.2, 0.25) is 0 Å². The van der Waals surface area contributed by atoms with Crippen LogP contribution in [0.4, 0.5) is 0 Å². The highest BCUT2D eigenvalue weighted by atomic mass is 32.2. The van der Waals surface area contributed by atoms with Gasteiger partial charge in [-0.05, 0) is 49.9 Å². The van der Waals surface area contributed by atoms with Crippen LogP contribution in [0.3, 0.4) is 0 Å². The van der Waals surface area contributed by atoms with E-state index in [2.05, 4.69) is 40.9 Å². The Morgan fingerprint density at radius 1 is 1.39 bits per heavy atom. The van der Waals surface area contributed by atoms with Gasteiger partial charge >= 0.3 is 0 Å². The molecule has 0 radical (unpaired) electrons. The van der Waals surface area contributed by atoms with Crippen LogP contribution in [0, 0.1) is 11.7 Å². The zero-order valence-electron chi connectivity index (χ0n) is 10.8. The van der Waals surface area contributed by atoms with E-state index in [0.717, 1.165) is 4.77 Å². The van der Waals surface area contributed by atoms with Crippen LogP contribution in [0.2, 0.25) is 0 Å². The molecule has 2 atom stereocenters. The van der Waals surface area contributed by atoms with Gasteiger partial charge in [-0.15, -0.1) is 0 Å². The summed E-state index contributed by atoms with van der Waals surface area (Å²) in [5.41, 5.74) is 3.78. The van der Waals surface area contributed by atoms with E-state index in [1.807, 2.05) is 11.8 Å². The molecule has 1 N–H and O–H groups in total. The predicted octanol–water partition coefficient (Wildman–Crippen LogP) is 4.46. The van der Waals surface area contributed by atoms with Gasteiger partial charge in [-0.1, -0.05) is 18.6 Å². The lowest BCUT2D eigenvalue weighted by molar-refractivity contribution is 0.536. The Labute approximate surface area is 117 Å². The van der Waals surface area contributed by atoms with Crippen LogP contribution >= 0.6 is 24.0 Å². The van der Waals surface area contributed by atoms with Crippen LogP contribution in [0.5, 0.6) is 0 Å². The highest BCUT2D eigenvalue weighted by Gasteiger charge is 2.29. The number of hydrogen-bond acceptors (Lipinski definition) is 2. The van der Waals surface area contributed by atoms with Gasteiger partial charge in [0.15, 0.2) is 4.77 Å². The topological polar surface area (TPSA) is 20.7 Å². The Kier molecular flexibility index (Phi) is 3.24. The number of aromatic nitrogens is 2. The standard InChI is InChI=1S/C14H18N2S2/c1-9-5-3-6-10-13(9)16(14(17)15-10)11-7-4-8-12(11)18-2/h3,5-6,11-12H,4,7-8H2,1-2H3,(H,15,17). The summed E-state index contributed by atoms with van der Waals surface area (Å²) in [6, 6.07) is 6.94. The number of thioether (sulfide) groups is 1. The van der Waals surface area contributed by atoms with Crippen LogP contribution in [-0.4, -0.2) is 21.1 Å². The Balaban J connectivity index is 2.22. The predicted molar refractivity (Wildman–Crippen MR) is 82.1 cm³/mol. The van der Waals surface area contributed by atoms with Crippen LogP contribution in [0.1, 0.15) is 30.9 Å². The Bertz CT molecular complexity index is 626. The maximum absolute atomic E-state index is 5.55. The number of hydrogen-bond donors (Lipinski definition) is 1. The number of aryl methyl sites for hydroxylation is 1. The fraction of sp³-hybridized carbons (Fsp3) is 0.500. The third-order valence-corrected chi connectivity index (χ3v) is 5.45. The molecular weight excluding hydrogens is 260 g/mol. The van der Waals surface area contributed by atoms with Crippen LogP contribution in [0.15, 0.2) is 18.2 Å². The number of H-pyrrole nitrogens is 1. The molecule has 0 bridgehead atoms. The molecule has 1 saturated carbocycles. The first-order valence-electron chi connectivity index (χ1n) is 6.45. The summed E-state index contributed by atoms with van der Waals surface area (Å²) in [6.45, 7) is 2.17. The molecule has 96 valence electrons. The average Bonchev–Trinajstić information content (AvgIpc) is 2.92. The average molecular weight is 278 g/mol. The maximum atomic E-state index is 5.55. The SMILES string of the molecule is CSC1CCCC1n1c(=S)[nH]c2cccc(C)c21. The van der Waals surface area contributed by atoms with Crippen molar-refractivity contribution >= 4 is 35.0 Å². The van der Waals surface area contributed by atoms with Crippen molar-refractivity contribution in [2.75, 3.05) is 6.26 Å². The molecule has 1 aliphatic rings. The van der Waals surface area contributed by atoms with Crippen LogP contribution in [0.25, 0.3) is 11.0 Å². The molecule has 0 spiro atoms. The first-order valence-corrected chi connectivity index (χ1v) is 8.14. The molecule has 1 heterocycles. The number of nitrogens with one attached hydrogen (secondary N) is 1. The molecule has 1 aliphatic carbocycles. The van der Waals surface area contributed by atoms with Crippen LogP contribution < -0.4 is 0 Å². The lowest BCUT2D eigenvalue weighted by Crippen LogP contribution is -2.16. The van der Waals surface area contributed by atoms with E-state index >= 15 is 0 Å². The molecule has 4 heteroatoms. The summed E-state index contributed by atoms with van der Waals surface area (Å²) in [5, 5.41) is 0.704. The summed E-state index contributed by atoms with van der Waals surface area (Å²) in [5.74, 6) is 0. The second-order valence-electron chi connectivity index (χ2n) is 5.04. The van der Waals surface area contributed by atoms with E-state index in [0.29, 0.717) is 11.3 Å². The second-order valence-corrected chi connectivity index (χ2v) is 6.51. The molecular formula is C14H18N2S2.